The molecule has 0 aliphatic carbocycles. The highest BCUT2D eigenvalue weighted by atomic mass is 79.9. The van der Waals surface area contributed by atoms with Crippen molar-refractivity contribution in [3.63, 3.8) is 0 Å². The Kier molecular flexibility index (Phi) is 3.78. The summed E-state index contributed by atoms with van der Waals surface area (Å²) in [5.74, 6) is 0. The van der Waals surface area contributed by atoms with Gasteiger partial charge in [-0.3, -0.25) is 0 Å². The third kappa shape index (κ3) is 2.72. The van der Waals surface area contributed by atoms with Gasteiger partial charge in [0.15, 0.2) is 0 Å². The lowest BCUT2D eigenvalue weighted by atomic mass is 10.1. The summed E-state index contributed by atoms with van der Waals surface area (Å²) in [7, 11) is 0. The van der Waals surface area contributed by atoms with Crippen LogP contribution in [0.3, 0.4) is 0 Å². The van der Waals surface area contributed by atoms with E-state index in [1.165, 1.54) is 5.57 Å². The van der Waals surface area contributed by atoms with E-state index >= 15 is 0 Å². The highest BCUT2D eigenvalue weighted by molar-refractivity contribution is 9.11. The van der Waals surface area contributed by atoms with E-state index in [0.717, 1.165) is 17.4 Å². The first kappa shape index (κ1) is 10.6. The topological polar surface area (TPSA) is 32.3 Å². The van der Waals surface area contributed by atoms with Gasteiger partial charge in [0, 0.05) is 17.6 Å². The second kappa shape index (κ2) is 4.65. The molecule has 0 bridgehead atoms. The van der Waals surface area contributed by atoms with Gasteiger partial charge in [-0.25, -0.2) is 4.79 Å². The second-order valence-corrected chi connectivity index (χ2v) is 4.15. The molecule has 4 heteroatoms. The van der Waals surface area contributed by atoms with Gasteiger partial charge in [0.25, 0.3) is 0 Å². The normalized spacial score (nSPS) is 17.6. The molecule has 1 N–H and O–H groups in total. The first-order chi connectivity index (χ1) is 6.15. The van der Waals surface area contributed by atoms with E-state index in [-0.39, 0.29) is 6.03 Å². The predicted octanol–water partition coefficient (Wildman–Crippen LogP) is 2.09. The van der Waals surface area contributed by atoms with Crippen molar-refractivity contribution in [2.24, 2.45) is 0 Å². The fourth-order valence-electron chi connectivity index (χ4n) is 1.26. The molecule has 0 aromatic rings. The van der Waals surface area contributed by atoms with Crippen LogP contribution in [0.25, 0.3) is 0 Å². The van der Waals surface area contributed by atoms with Gasteiger partial charge in [-0.2, -0.15) is 0 Å². The third-order valence-electron chi connectivity index (χ3n) is 2.16. The van der Waals surface area contributed by atoms with E-state index in [0.29, 0.717) is 13.1 Å². The minimum atomic E-state index is 0.0342. The van der Waals surface area contributed by atoms with Crippen molar-refractivity contribution in [1.29, 1.82) is 0 Å². The Morgan fingerprint density at radius 1 is 1.69 bits per heavy atom. The lowest BCUT2D eigenvalue weighted by Crippen LogP contribution is -2.42. The summed E-state index contributed by atoms with van der Waals surface area (Å²) in [6.07, 6.45) is 0.970. The van der Waals surface area contributed by atoms with E-state index in [2.05, 4.69) is 28.2 Å². The number of rotatable bonds is 1. The molecule has 0 atom stereocenters. The lowest BCUT2D eigenvalue weighted by Gasteiger charge is -2.27. The quantitative estimate of drug-likeness (QED) is 0.756. The van der Waals surface area contributed by atoms with Crippen molar-refractivity contribution in [3.8, 4) is 0 Å². The van der Waals surface area contributed by atoms with Crippen molar-refractivity contribution in [2.45, 2.75) is 20.3 Å². The summed E-state index contributed by atoms with van der Waals surface area (Å²) < 4.78 is 1.14. The predicted molar refractivity (Wildman–Crippen MR) is 56.9 cm³/mol. The molecule has 3 nitrogen and oxygen atoms in total. The summed E-state index contributed by atoms with van der Waals surface area (Å²) in [6, 6.07) is 0.0342. The Balaban J connectivity index is 2.53. The van der Waals surface area contributed by atoms with Crippen molar-refractivity contribution in [1.82, 2.24) is 10.2 Å². The maximum atomic E-state index is 11.4. The van der Waals surface area contributed by atoms with Gasteiger partial charge in [0.2, 0.25) is 0 Å². The zero-order chi connectivity index (χ0) is 9.84. The number of hydrogen-bond donors (Lipinski definition) is 1. The molecule has 1 rings (SSSR count). The van der Waals surface area contributed by atoms with Crippen LogP contribution < -0.4 is 5.32 Å². The number of urea groups is 1. The first-order valence-corrected chi connectivity index (χ1v) is 5.31. The molecule has 74 valence electrons. The van der Waals surface area contributed by atoms with Crippen molar-refractivity contribution in [3.05, 3.63) is 10.1 Å². The summed E-state index contributed by atoms with van der Waals surface area (Å²) in [4.78, 5) is 13.2. The van der Waals surface area contributed by atoms with Gasteiger partial charge in [-0.1, -0.05) is 21.5 Å². The summed E-state index contributed by atoms with van der Waals surface area (Å²) in [5, 5.41) is 2.79. The van der Waals surface area contributed by atoms with Gasteiger partial charge in [-0.05, 0) is 20.3 Å². The van der Waals surface area contributed by atoms with Crippen LogP contribution in [0.1, 0.15) is 20.3 Å². The molecule has 0 saturated carbocycles. The van der Waals surface area contributed by atoms with E-state index in [4.69, 9.17) is 0 Å². The van der Waals surface area contributed by atoms with E-state index < -0.39 is 0 Å². The van der Waals surface area contributed by atoms with Gasteiger partial charge >= 0.3 is 6.03 Å². The maximum Gasteiger partial charge on any atom is 0.317 e. The molecule has 0 saturated heterocycles. The third-order valence-corrected chi connectivity index (χ3v) is 3.09. The maximum absolute atomic E-state index is 11.4. The first-order valence-electron chi connectivity index (χ1n) is 4.52. The summed E-state index contributed by atoms with van der Waals surface area (Å²) in [6.45, 7) is 6.25. The van der Waals surface area contributed by atoms with Crippen molar-refractivity contribution >= 4 is 22.0 Å². The van der Waals surface area contributed by atoms with E-state index in [9.17, 15) is 4.79 Å². The molecule has 0 aromatic heterocycles. The molecule has 0 spiro atoms. The number of amides is 2. The minimum absolute atomic E-state index is 0.0342. The Morgan fingerprint density at radius 3 is 2.92 bits per heavy atom. The summed E-state index contributed by atoms with van der Waals surface area (Å²) >= 11 is 3.47. The van der Waals surface area contributed by atoms with Crippen LogP contribution in [0.5, 0.6) is 0 Å². The van der Waals surface area contributed by atoms with Crippen LogP contribution in [0, 0.1) is 0 Å². The highest BCUT2D eigenvalue weighted by Gasteiger charge is 2.18. The van der Waals surface area contributed by atoms with Crippen LogP contribution in [-0.4, -0.2) is 30.6 Å². The Hall–Kier alpha value is -0.510. The van der Waals surface area contributed by atoms with Crippen LogP contribution >= 0.6 is 15.9 Å². The molecule has 1 heterocycles. The van der Waals surface area contributed by atoms with Gasteiger partial charge in [-0.15, -0.1) is 0 Å². The smallest absolute Gasteiger partial charge is 0.317 e. The second-order valence-electron chi connectivity index (χ2n) is 3.19. The number of hydrogen-bond acceptors (Lipinski definition) is 1. The van der Waals surface area contributed by atoms with Crippen LogP contribution in [-0.2, 0) is 0 Å². The van der Waals surface area contributed by atoms with Crippen molar-refractivity contribution in [2.75, 3.05) is 19.6 Å². The zero-order valence-corrected chi connectivity index (χ0v) is 9.65. The molecule has 0 fully saturated rings. The summed E-state index contributed by atoms with van der Waals surface area (Å²) in [5.41, 5.74) is 1.35. The fraction of sp³-hybridized carbons (Fsp3) is 0.667. The largest absolute Gasteiger partial charge is 0.338 e. The standard InChI is InChI=1S/C9H15BrN2O/c1-3-11-9(13)12-5-4-7(2)8(10)6-12/h3-6H2,1-2H3,(H,11,13). The lowest BCUT2D eigenvalue weighted by molar-refractivity contribution is 0.202. The Bertz CT molecular complexity index is 238. The Labute approximate surface area is 87.3 Å². The number of carbonyl (C=O) groups excluding carboxylic acids is 1. The van der Waals surface area contributed by atoms with Crippen LogP contribution in [0.2, 0.25) is 0 Å². The Morgan fingerprint density at radius 2 is 2.38 bits per heavy atom. The number of halogens is 1. The molecule has 1 aliphatic heterocycles. The van der Waals surface area contributed by atoms with E-state index in [1.807, 2.05) is 11.8 Å². The molecule has 13 heavy (non-hydrogen) atoms. The number of nitrogens with zero attached hydrogens (tertiary/aromatic N) is 1. The van der Waals surface area contributed by atoms with Gasteiger partial charge in [0.05, 0.1) is 6.54 Å². The highest BCUT2D eigenvalue weighted by Crippen LogP contribution is 2.21. The molecule has 2 amide bonds. The number of carbonyl (C=O) groups is 1. The van der Waals surface area contributed by atoms with Crippen LogP contribution in [0.4, 0.5) is 4.79 Å². The molecular weight excluding hydrogens is 232 g/mol. The van der Waals surface area contributed by atoms with Gasteiger partial charge < -0.3 is 10.2 Å². The molecule has 0 unspecified atom stereocenters. The van der Waals surface area contributed by atoms with Gasteiger partial charge in [0.1, 0.15) is 0 Å². The minimum Gasteiger partial charge on any atom is -0.338 e. The SMILES string of the molecule is CCNC(=O)N1CCC(C)=C(Br)C1. The zero-order valence-electron chi connectivity index (χ0n) is 8.06. The van der Waals surface area contributed by atoms with Crippen molar-refractivity contribution < 1.29 is 4.79 Å². The number of nitrogens with one attached hydrogen (secondary N) is 1. The van der Waals surface area contributed by atoms with E-state index in [1.54, 1.807) is 0 Å². The molecular formula is C9H15BrN2O. The molecule has 1 aliphatic rings. The molecule has 0 aromatic carbocycles. The average Bonchev–Trinajstić information content (AvgIpc) is 2.10. The average molecular weight is 247 g/mol. The molecule has 0 radical (unpaired) electrons. The van der Waals surface area contributed by atoms with Crippen LogP contribution in [0.15, 0.2) is 10.1 Å². The monoisotopic (exact) mass is 246 g/mol. The fourth-order valence-corrected chi connectivity index (χ4v) is 1.76.